The van der Waals surface area contributed by atoms with Gasteiger partial charge in [0.15, 0.2) is 0 Å². The Morgan fingerprint density at radius 1 is 1.03 bits per heavy atom. The van der Waals surface area contributed by atoms with Gasteiger partial charge in [0.2, 0.25) is 0 Å². The minimum Gasteiger partial charge on any atom is -0.491 e. The van der Waals surface area contributed by atoms with Crippen LogP contribution in [0.3, 0.4) is 0 Å². The number of pyridine rings is 1. The van der Waals surface area contributed by atoms with Gasteiger partial charge in [0.05, 0.1) is 19.3 Å². The Hall–Kier alpha value is -1.44. The van der Waals surface area contributed by atoms with Crippen LogP contribution < -0.4 is 4.74 Å². The zero-order valence-electron chi connectivity index (χ0n) is 18.6. The Kier molecular flexibility index (Phi) is 12.8. The molecular weight excluding hydrogens is 501 g/mol. The summed E-state index contributed by atoms with van der Waals surface area (Å²) < 4.78 is 7.08. The summed E-state index contributed by atoms with van der Waals surface area (Å²) in [4.78, 5) is 4.67. The minimum absolute atomic E-state index is 0.0472. The summed E-state index contributed by atoms with van der Waals surface area (Å²) in [6.07, 6.45) is 13.4. The number of hydrogen-bond donors (Lipinski definition) is 2. The molecule has 0 fully saturated rings. The standard InChI is InChI=1S/C26H36INO3/c1-2-3-4-5-6-7-8-9-18-31-26-16-15-23(28-24(26)14-11-17-29)20-25(30)21-12-10-13-22(27)19-21/h10-16,19,25,29-30H,2-9,17-18,20H2,1H3. The number of ether oxygens (including phenoxy) is 1. The molecule has 2 N–H and O–H groups in total. The highest BCUT2D eigenvalue weighted by molar-refractivity contribution is 14.1. The number of aliphatic hydroxyl groups is 2. The first-order valence-electron chi connectivity index (χ1n) is 11.5. The fraction of sp³-hybridized carbons (Fsp3) is 0.500. The summed E-state index contributed by atoms with van der Waals surface area (Å²) in [5.74, 6) is 0.722. The molecule has 1 unspecified atom stereocenters. The molecule has 1 aromatic heterocycles. The van der Waals surface area contributed by atoms with Gasteiger partial charge in [0, 0.05) is 15.7 Å². The maximum absolute atomic E-state index is 10.6. The van der Waals surface area contributed by atoms with Crippen LogP contribution >= 0.6 is 22.6 Å². The van der Waals surface area contributed by atoms with Crippen LogP contribution in [0.4, 0.5) is 0 Å². The lowest BCUT2D eigenvalue weighted by molar-refractivity contribution is 0.177. The van der Waals surface area contributed by atoms with Crippen LogP contribution in [0.1, 0.15) is 81.3 Å². The molecule has 0 spiro atoms. The number of hydrogen-bond acceptors (Lipinski definition) is 4. The molecule has 0 amide bonds. The Morgan fingerprint density at radius 2 is 1.77 bits per heavy atom. The van der Waals surface area contributed by atoms with Crippen molar-refractivity contribution in [1.29, 1.82) is 0 Å². The van der Waals surface area contributed by atoms with Gasteiger partial charge in [-0.15, -0.1) is 0 Å². The maximum Gasteiger partial charge on any atom is 0.144 e. The van der Waals surface area contributed by atoms with E-state index in [4.69, 9.17) is 9.84 Å². The minimum atomic E-state index is -0.610. The first-order chi connectivity index (χ1) is 15.1. The number of aromatic nitrogens is 1. The van der Waals surface area contributed by atoms with Gasteiger partial charge in [-0.05, 0) is 64.9 Å². The number of nitrogens with zero attached hydrogens (tertiary/aromatic N) is 1. The van der Waals surface area contributed by atoms with Gasteiger partial charge in [-0.1, -0.05) is 70.1 Å². The highest BCUT2D eigenvalue weighted by Gasteiger charge is 2.12. The van der Waals surface area contributed by atoms with Crippen LogP contribution in [0.15, 0.2) is 42.5 Å². The van der Waals surface area contributed by atoms with Crippen LogP contribution in [0.5, 0.6) is 5.75 Å². The third-order valence-corrected chi connectivity index (χ3v) is 5.89. The quantitative estimate of drug-likeness (QED) is 0.202. The molecule has 0 aliphatic carbocycles. The second kappa shape index (κ2) is 15.4. The van der Waals surface area contributed by atoms with Crippen molar-refractivity contribution in [2.45, 2.75) is 70.8 Å². The van der Waals surface area contributed by atoms with E-state index in [1.165, 1.54) is 44.9 Å². The van der Waals surface area contributed by atoms with Crippen molar-refractivity contribution in [3.63, 3.8) is 0 Å². The van der Waals surface area contributed by atoms with Gasteiger partial charge in [-0.25, -0.2) is 4.98 Å². The lowest BCUT2D eigenvalue weighted by Gasteiger charge is -2.14. The number of rotatable bonds is 15. The molecular formula is C26H36INO3. The van der Waals surface area contributed by atoms with Gasteiger partial charge in [-0.2, -0.15) is 0 Å². The third kappa shape index (κ3) is 10.1. The molecule has 0 saturated carbocycles. The Bertz CT molecular complexity index is 794. The average molecular weight is 537 g/mol. The Balaban J connectivity index is 1.88. The van der Waals surface area contributed by atoms with Gasteiger partial charge in [0.1, 0.15) is 11.4 Å². The molecule has 5 heteroatoms. The first-order valence-corrected chi connectivity index (χ1v) is 12.6. The summed E-state index contributed by atoms with van der Waals surface area (Å²) in [5, 5.41) is 19.8. The van der Waals surface area contributed by atoms with Crippen molar-refractivity contribution in [3.8, 4) is 5.75 Å². The lowest BCUT2D eigenvalue weighted by Crippen LogP contribution is -2.06. The van der Waals surface area contributed by atoms with Gasteiger partial charge >= 0.3 is 0 Å². The summed E-state index contributed by atoms with van der Waals surface area (Å²) in [6, 6.07) is 11.7. The van der Waals surface area contributed by atoms with E-state index < -0.39 is 6.10 Å². The lowest BCUT2D eigenvalue weighted by atomic mass is 10.0. The fourth-order valence-corrected chi connectivity index (χ4v) is 4.04. The number of halogens is 1. The smallest absolute Gasteiger partial charge is 0.144 e. The number of benzene rings is 1. The Labute approximate surface area is 200 Å². The van der Waals surface area contributed by atoms with E-state index in [1.807, 2.05) is 36.4 Å². The van der Waals surface area contributed by atoms with Crippen LogP contribution in [0.2, 0.25) is 0 Å². The van der Waals surface area contributed by atoms with Gasteiger partial charge in [-0.3, -0.25) is 0 Å². The zero-order valence-corrected chi connectivity index (χ0v) is 20.8. The Morgan fingerprint density at radius 3 is 2.48 bits per heavy atom. The third-order valence-electron chi connectivity index (χ3n) is 5.22. The van der Waals surface area contributed by atoms with E-state index in [0.717, 1.165) is 27.0 Å². The predicted octanol–water partition coefficient (Wildman–Crippen LogP) is 6.49. The molecule has 0 saturated heterocycles. The van der Waals surface area contributed by atoms with E-state index in [1.54, 1.807) is 12.2 Å². The maximum atomic E-state index is 10.6. The second-order valence-electron chi connectivity index (χ2n) is 7.87. The van der Waals surface area contributed by atoms with Crippen LogP contribution in [0, 0.1) is 3.57 Å². The van der Waals surface area contributed by atoms with Crippen molar-refractivity contribution in [2.75, 3.05) is 13.2 Å². The number of aliphatic hydroxyl groups excluding tert-OH is 2. The van der Waals surface area contributed by atoms with Crippen LogP contribution in [0.25, 0.3) is 6.08 Å². The normalized spacial score (nSPS) is 12.4. The molecule has 170 valence electrons. The van der Waals surface area contributed by atoms with Crippen molar-refractivity contribution >= 4 is 28.7 Å². The SMILES string of the molecule is CCCCCCCCCCOc1ccc(CC(O)c2cccc(I)c2)nc1C=CCO. The molecule has 0 aliphatic rings. The van der Waals surface area contributed by atoms with E-state index in [-0.39, 0.29) is 6.61 Å². The average Bonchev–Trinajstić information content (AvgIpc) is 2.77. The predicted molar refractivity (Wildman–Crippen MR) is 136 cm³/mol. The molecule has 1 heterocycles. The molecule has 2 rings (SSSR count). The van der Waals surface area contributed by atoms with E-state index in [0.29, 0.717) is 18.7 Å². The molecule has 4 nitrogen and oxygen atoms in total. The second-order valence-corrected chi connectivity index (χ2v) is 9.11. The molecule has 1 atom stereocenters. The van der Waals surface area contributed by atoms with Gasteiger partial charge < -0.3 is 14.9 Å². The summed E-state index contributed by atoms with van der Waals surface area (Å²) in [5.41, 5.74) is 2.38. The fourth-order valence-electron chi connectivity index (χ4n) is 3.47. The zero-order chi connectivity index (χ0) is 22.3. The molecule has 2 aromatic rings. The highest BCUT2D eigenvalue weighted by atomic mass is 127. The van der Waals surface area contributed by atoms with E-state index in [9.17, 15) is 5.11 Å². The monoisotopic (exact) mass is 537 g/mol. The summed E-state index contributed by atoms with van der Waals surface area (Å²) in [6.45, 7) is 2.87. The molecule has 0 bridgehead atoms. The van der Waals surface area contributed by atoms with E-state index in [2.05, 4.69) is 34.5 Å². The summed E-state index contributed by atoms with van der Waals surface area (Å²) >= 11 is 2.25. The van der Waals surface area contributed by atoms with Crippen LogP contribution in [-0.2, 0) is 6.42 Å². The topological polar surface area (TPSA) is 62.6 Å². The highest BCUT2D eigenvalue weighted by Crippen LogP contribution is 2.24. The van der Waals surface area contributed by atoms with Crippen molar-refractivity contribution in [2.24, 2.45) is 0 Å². The largest absolute Gasteiger partial charge is 0.491 e. The molecule has 1 aromatic carbocycles. The van der Waals surface area contributed by atoms with Crippen molar-refractivity contribution < 1.29 is 14.9 Å². The van der Waals surface area contributed by atoms with E-state index >= 15 is 0 Å². The first kappa shape index (κ1) is 25.8. The number of unbranched alkanes of at least 4 members (excludes halogenated alkanes) is 7. The van der Waals surface area contributed by atoms with Crippen LogP contribution in [-0.4, -0.2) is 28.4 Å². The van der Waals surface area contributed by atoms with Gasteiger partial charge in [0.25, 0.3) is 0 Å². The summed E-state index contributed by atoms with van der Waals surface area (Å²) in [7, 11) is 0. The molecule has 31 heavy (non-hydrogen) atoms. The molecule has 0 radical (unpaired) electrons. The van der Waals surface area contributed by atoms with Crippen molar-refractivity contribution in [3.05, 3.63) is 63.0 Å². The van der Waals surface area contributed by atoms with Crippen molar-refractivity contribution in [1.82, 2.24) is 4.98 Å². The molecule has 0 aliphatic heterocycles.